The van der Waals surface area contributed by atoms with Gasteiger partial charge in [-0.15, -0.1) is 0 Å². The molecule has 2 N–H and O–H groups in total. The van der Waals surface area contributed by atoms with Crippen molar-refractivity contribution < 1.29 is 13.2 Å². The van der Waals surface area contributed by atoms with E-state index in [2.05, 4.69) is 15.3 Å². The minimum absolute atomic E-state index is 0.0892. The van der Waals surface area contributed by atoms with E-state index in [1.807, 2.05) is 6.92 Å². The molecule has 1 aliphatic heterocycles. The van der Waals surface area contributed by atoms with Crippen molar-refractivity contribution in [2.45, 2.75) is 24.8 Å². The Morgan fingerprint density at radius 2 is 2.19 bits per heavy atom. The fourth-order valence-electron chi connectivity index (χ4n) is 2.20. The van der Waals surface area contributed by atoms with Crippen LogP contribution in [0.3, 0.4) is 0 Å². The summed E-state index contributed by atoms with van der Waals surface area (Å²) in [6, 6.07) is -0.127. The summed E-state index contributed by atoms with van der Waals surface area (Å²) in [6.45, 7) is 4.26. The number of nitrogens with zero attached hydrogens (tertiary/aromatic N) is 3. The van der Waals surface area contributed by atoms with Crippen molar-refractivity contribution in [1.82, 2.24) is 24.5 Å². The molecule has 9 heteroatoms. The normalized spacial score (nSPS) is 17.5. The second-order valence-electron chi connectivity index (χ2n) is 4.89. The highest BCUT2D eigenvalue weighted by Crippen LogP contribution is 2.15. The Morgan fingerprint density at radius 3 is 2.86 bits per heavy atom. The first-order valence-electron chi connectivity index (χ1n) is 7.07. The van der Waals surface area contributed by atoms with Gasteiger partial charge in [0.1, 0.15) is 0 Å². The van der Waals surface area contributed by atoms with Crippen LogP contribution in [0.5, 0.6) is 0 Å². The Morgan fingerprint density at radius 1 is 1.38 bits per heavy atom. The maximum atomic E-state index is 12.4. The first kappa shape index (κ1) is 15.8. The molecule has 2 amide bonds. The number of hydrogen-bond acceptors (Lipinski definition) is 4. The van der Waals surface area contributed by atoms with Gasteiger partial charge in [0, 0.05) is 32.7 Å². The first-order valence-corrected chi connectivity index (χ1v) is 8.51. The molecule has 0 unspecified atom stereocenters. The van der Waals surface area contributed by atoms with Crippen LogP contribution in [0.25, 0.3) is 0 Å². The van der Waals surface area contributed by atoms with Crippen LogP contribution < -0.4 is 5.32 Å². The summed E-state index contributed by atoms with van der Waals surface area (Å²) >= 11 is 0. The van der Waals surface area contributed by atoms with Crippen LogP contribution in [0.1, 0.15) is 19.8 Å². The molecular formula is C12H21N5O3S. The van der Waals surface area contributed by atoms with Crippen molar-refractivity contribution in [2.24, 2.45) is 0 Å². The summed E-state index contributed by atoms with van der Waals surface area (Å²) in [5.74, 6) is 0. The Balaban J connectivity index is 1.99. The van der Waals surface area contributed by atoms with Crippen LogP contribution in [-0.2, 0) is 10.0 Å². The third-order valence-electron chi connectivity index (χ3n) is 3.36. The highest BCUT2D eigenvalue weighted by atomic mass is 32.2. The molecule has 1 aromatic rings. The van der Waals surface area contributed by atoms with Gasteiger partial charge in [-0.05, 0) is 12.8 Å². The van der Waals surface area contributed by atoms with Crippen molar-refractivity contribution in [3.8, 4) is 0 Å². The molecule has 2 rings (SSSR count). The average Bonchev–Trinajstić information content (AvgIpc) is 2.89. The van der Waals surface area contributed by atoms with E-state index in [9.17, 15) is 13.2 Å². The van der Waals surface area contributed by atoms with Crippen molar-refractivity contribution in [2.75, 3.05) is 32.7 Å². The largest absolute Gasteiger partial charge is 0.338 e. The molecular weight excluding hydrogens is 294 g/mol. The lowest BCUT2D eigenvalue weighted by Crippen LogP contribution is -2.42. The van der Waals surface area contributed by atoms with Crippen molar-refractivity contribution >= 4 is 16.1 Å². The Hall–Kier alpha value is -1.61. The van der Waals surface area contributed by atoms with Gasteiger partial charge in [-0.3, -0.25) is 0 Å². The van der Waals surface area contributed by atoms with Gasteiger partial charge in [-0.25, -0.2) is 18.2 Å². The molecule has 2 heterocycles. The second kappa shape index (κ2) is 6.90. The molecule has 0 aliphatic carbocycles. The summed E-state index contributed by atoms with van der Waals surface area (Å²) in [7, 11) is -3.55. The molecule has 1 aliphatic rings. The number of carbonyl (C=O) groups excluding carboxylic acids is 1. The molecule has 8 nitrogen and oxygen atoms in total. The number of aromatic nitrogens is 2. The van der Waals surface area contributed by atoms with Crippen LogP contribution in [0.15, 0.2) is 17.6 Å². The van der Waals surface area contributed by atoms with E-state index in [1.165, 1.54) is 16.8 Å². The zero-order chi connectivity index (χ0) is 15.3. The lowest BCUT2D eigenvalue weighted by molar-refractivity contribution is 0.200. The van der Waals surface area contributed by atoms with Gasteiger partial charge in [-0.2, -0.15) is 4.31 Å². The number of nitrogens with one attached hydrogen (secondary N) is 2. The summed E-state index contributed by atoms with van der Waals surface area (Å²) in [5.41, 5.74) is 0. The molecule has 118 valence electrons. The van der Waals surface area contributed by atoms with E-state index in [0.29, 0.717) is 39.1 Å². The topological polar surface area (TPSA) is 98.4 Å². The molecule has 1 fully saturated rings. The van der Waals surface area contributed by atoms with E-state index >= 15 is 0 Å². The Labute approximate surface area is 124 Å². The standard InChI is InChI=1S/C12H21N5O3S/c1-2-4-14-12(18)16-5-3-6-17(8-7-16)21(19,20)11-9-13-10-15-11/h9-10H,2-8H2,1H3,(H,13,15)(H,14,18). The summed E-state index contributed by atoms with van der Waals surface area (Å²) in [4.78, 5) is 20.0. The van der Waals surface area contributed by atoms with Crippen LogP contribution >= 0.6 is 0 Å². The maximum absolute atomic E-state index is 12.4. The fraction of sp³-hybridized carbons (Fsp3) is 0.667. The van der Waals surface area contributed by atoms with E-state index < -0.39 is 10.0 Å². The van der Waals surface area contributed by atoms with Gasteiger partial charge in [0.05, 0.1) is 12.5 Å². The summed E-state index contributed by atoms with van der Waals surface area (Å²) < 4.78 is 26.2. The Kier molecular flexibility index (Phi) is 5.18. The first-order chi connectivity index (χ1) is 10.1. The van der Waals surface area contributed by atoms with Crippen molar-refractivity contribution in [3.63, 3.8) is 0 Å². The molecule has 1 aromatic heterocycles. The number of H-pyrrole nitrogens is 1. The van der Waals surface area contributed by atoms with Gasteiger partial charge in [-0.1, -0.05) is 6.92 Å². The van der Waals surface area contributed by atoms with Crippen molar-refractivity contribution in [1.29, 1.82) is 0 Å². The zero-order valence-corrected chi connectivity index (χ0v) is 12.9. The molecule has 1 saturated heterocycles. The number of aromatic amines is 1. The van der Waals surface area contributed by atoms with Crippen LogP contribution in [-0.4, -0.2) is 66.3 Å². The predicted octanol–water partition coefficient (Wildman–Crippen LogP) is 0.226. The van der Waals surface area contributed by atoms with Gasteiger partial charge in [0.15, 0.2) is 5.03 Å². The Bertz CT molecular complexity index is 557. The third kappa shape index (κ3) is 3.73. The molecule has 0 aromatic carbocycles. The predicted molar refractivity (Wildman–Crippen MR) is 77.2 cm³/mol. The van der Waals surface area contributed by atoms with Crippen molar-refractivity contribution in [3.05, 3.63) is 12.5 Å². The number of carbonyl (C=O) groups is 1. The van der Waals surface area contributed by atoms with E-state index in [-0.39, 0.29) is 11.1 Å². The highest BCUT2D eigenvalue weighted by Gasteiger charge is 2.28. The smallest absolute Gasteiger partial charge is 0.317 e. The average molecular weight is 315 g/mol. The molecule has 0 spiro atoms. The van der Waals surface area contributed by atoms with Gasteiger partial charge in [0.2, 0.25) is 0 Å². The lowest BCUT2D eigenvalue weighted by atomic mass is 10.4. The third-order valence-corrected chi connectivity index (χ3v) is 5.18. The zero-order valence-electron chi connectivity index (χ0n) is 12.1. The summed E-state index contributed by atoms with van der Waals surface area (Å²) in [5, 5.41) is 2.90. The monoisotopic (exact) mass is 315 g/mol. The fourth-order valence-corrected chi connectivity index (χ4v) is 3.57. The van der Waals surface area contributed by atoms with E-state index in [0.717, 1.165) is 6.42 Å². The molecule has 0 bridgehead atoms. The number of amides is 2. The number of sulfonamides is 1. The number of urea groups is 1. The second-order valence-corrected chi connectivity index (χ2v) is 6.80. The van der Waals surface area contributed by atoms with Gasteiger partial charge < -0.3 is 15.2 Å². The SMILES string of the molecule is CCCNC(=O)N1CCCN(S(=O)(=O)c2cnc[nH]2)CC1. The molecule has 0 radical (unpaired) electrons. The van der Waals surface area contributed by atoms with E-state index in [4.69, 9.17) is 0 Å². The number of rotatable bonds is 4. The van der Waals surface area contributed by atoms with E-state index in [1.54, 1.807) is 4.90 Å². The number of imidazole rings is 1. The molecule has 0 saturated carbocycles. The maximum Gasteiger partial charge on any atom is 0.317 e. The molecule has 21 heavy (non-hydrogen) atoms. The summed E-state index contributed by atoms with van der Waals surface area (Å²) in [6.07, 6.45) is 4.13. The van der Waals surface area contributed by atoms with Gasteiger partial charge >= 0.3 is 6.03 Å². The molecule has 0 atom stereocenters. The van der Waals surface area contributed by atoms with Crippen LogP contribution in [0, 0.1) is 0 Å². The minimum Gasteiger partial charge on any atom is -0.338 e. The quantitative estimate of drug-likeness (QED) is 0.830. The number of hydrogen-bond donors (Lipinski definition) is 2. The van der Waals surface area contributed by atoms with Crippen LogP contribution in [0.4, 0.5) is 4.79 Å². The minimum atomic E-state index is -3.55. The van der Waals surface area contributed by atoms with Crippen LogP contribution in [0.2, 0.25) is 0 Å². The van der Waals surface area contributed by atoms with Gasteiger partial charge in [0.25, 0.3) is 10.0 Å². The lowest BCUT2D eigenvalue weighted by Gasteiger charge is -2.21. The highest BCUT2D eigenvalue weighted by molar-refractivity contribution is 7.89.